The van der Waals surface area contributed by atoms with Gasteiger partial charge in [0.05, 0.1) is 31.8 Å². The highest BCUT2D eigenvalue weighted by atomic mass is 16.5. The molecular formula is C16H23NO5. The highest BCUT2D eigenvalue weighted by Crippen LogP contribution is 2.37. The number of furan rings is 1. The Bertz CT molecular complexity index is 517. The van der Waals surface area contributed by atoms with E-state index in [1.54, 1.807) is 7.11 Å². The third-order valence-corrected chi connectivity index (χ3v) is 4.57. The number of hydrogen-bond acceptors (Lipinski definition) is 5. The van der Waals surface area contributed by atoms with Gasteiger partial charge in [-0.25, -0.2) is 0 Å². The van der Waals surface area contributed by atoms with Crippen molar-refractivity contribution in [2.45, 2.75) is 26.0 Å². The molecule has 1 aromatic rings. The normalized spacial score (nSPS) is 24.1. The molecule has 6 nitrogen and oxygen atoms in total. The van der Waals surface area contributed by atoms with E-state index >= 15 is 0 Å². The molecule has 1 aromatic heterocycles. The largest absolute Gasteiger partial charge is 0.461 e. The van der Waals surface area contributed by atoms with Gasteiger partial charge in [0, 0.05) is 13.7 Å². The summed E-state index contributed by atoms with van der Waals surface area (Å²) in [5, 5.41) is 0. The zero-order valence-corrected chi connectivity index (χ0v) is 13.2. The first-order chi connectivity index (χ1) is 10.7. The van der Waals surface area contributed by atoms with E-state index in [1.165, 1.54) is 0 Å². The van der Waals surface area contributed by atoms with Crippen LogP contribution in [0.1, 0.15) is 30.9 Å². The molecule has 2 aliphatic heterocycles. The van der Waals surface area contributed by atoms with Crippen LogP contribution in [0.25, 0.3) is 0 Å². The smallest absolute Gasteiger partial charge is 0.234 e. The van der Waals surface area contributed by atoms with E-state index in [9.17, 15) is 4.79 Å². The average Bonchev–Trinajstić information content (AvgIpc) is 2.95. The Morgan fingerprint density at radius 2 is 2.23 bits per heavy atom. The molecule has 0 N–H and O–H groups in total. The Labute approximate surface area is 130 Å². The molecule has 3 rings (SSSR count). The van der Waals surface area contributed by atoms with Gasteiger partial charge < -0.3 is 23.5 Å². The monoisotopic (exact) mass is 309 g/mol. The standard InChI is InChI=1S/C16H23NO5/c1-3-16(10-21-11-16)15(18)17-6-7-20-9-13(17)14-5-4-12(22-14)8-19-2/h4-5,13H,3,6-11H2,1-2H3. The first kappa shape index (κ1) is 15.5. The first-order valence-corrected chi connectivity index (χ1v) is 7.74. The van der Waals surface area contributed by atoms with Crippen LogP contribution in [0, 0.1) is 5.41 Å². The van der Waals surface area contributed by atoms with Crippen molar-refractivity contribution in [2.75, 3.05) is 40.1 Å². The number of methoxy groups -OCH3 is 1. The molecule has 1 amide bonds. The lowest BCUT2D eigenvalue weighted by Gasteiger charge is -2.45. The van der Waals surface area contributed by atoms with Crippen LogP contribution in [0.2, 0.25) is 0 Å². The number of hydrogen-bond donors (Lipinski definition) is 0. The molecule has 0 aliphatic carbocycles. The van der Waals surface area contributed by atoms with Gasteiger partial charge in [0.1, 0.15) is 24.2 Å². The van der Waals surface area contributed by atoms with E-state index in [-0.39, 0.29) is 17.4 Å². The molecule has 3 heterocycles. The lowest BCUT2D eigenvalue weighted by Crippen LogP contribution is -2.57. The fourth-order valence-corrected chi connectivity index (χ4v) is 3.01. The Balaban J connectivity index is 1.79. The number of carbonyl (C=O) groups excluding carboxylic acids is 1. The average molecular weight is 309 g/mol. The van der Waals surface area contributed by atoms with Crippen LogP contribution < -0.4 is 0 Å². The van der Waals surface area contributed by atoms with Crippen molar-refractivity contribution >= 4 is 5.91 Å². The number of carbonyl (C=O) groups is 1. The van der Waals surface area contributed by atoms with Gasteiger partial charge in [-0.1, -0.05) is 6.92 Å². The molecule has 22 heavy (non-hydrogen) atoms. The molecule has 122 valence electrons. The molecule has 6 heteroatoms. The number of ether oxygens (including phenoxy) is 3. The van der Waals surface area contributed by atoms with Crippen molar-refractivity contribution in [1.82, 2.24) is 4.90 Å². The maximum absolute atomic E-state index is 13.0. The van der Waals surface area contributed by atoms with Gasteiger partial charge in [0.25, 0.3) is 0 Å². The molecule has 2 aliphatic rings. The highest BCUT2D eigenvalue weighted by Gasteiger charge is 2.48. The van der Waals surface area contributed by atoms with E-state index in [0.29, 0.717) is 39.6 Å². The summed E-state index contributed by atoms with van der Waals surface area (Å²) in [6.07, 6.45) is 0.795. The minimum absolute atomic E-state index is 0.152. The van der Waals surface area contributed by atoms with Crippen molar-refractivity contribution in [2.24, 2.45) is 5.41 Å². The topological polar surface area (TPSA) is 61.1 Å². The van der Waals surface area contributed by atoms with Crippen LogP contribution >= 0.6 is 0 Å². The SMILES string of the molecule is CCC1(C(=O)N2CCOCC2c2ccc(COC)o2)COC1. The molecule has 0 bridgehead atoms. The Morgan fingerprint density at radius 1 is 1.41 bits per heavy atom. The van der Waals surface area contributed by atoms with Crippen LogP contribution in [0.15, 0.2) is 16.5 Å². The number of amides is 1. The predicted molar refractivity (Wildman–Crippen MR) is 78.2 cm³/mol. The molecule has 1 atom stereocenters. The van der Waals surface area contributed by atoms with Crippen LogP contribution in [0.4, 0.5) is 0 Å². The molecule has 0 aromatic carbocycles. The van der Waals surface area contributed by atoms with Crippen molar-refractivity contribution in [3.8, 4) is 0 Å². The first-order valence-electron chi connectivity index (χ1n) is 7.74. The maximum Gasteiger partial charge on any atom is 0.234 e. The van der Waals surface area contributed by atoms with Gasteiger partial charge in [-0.15, -0.1) is 0 Å². The van der Waals surface area contributed by atoms with Gasteiger partial charge in [-0.3, -0.25) is 4.79 Å². The third kappa shape index (κ3) is 2.66. The second-order valence-corrected chi connectivity index (χ2v) is 5.95. The molecule has 0 spiro atoms. The summed E-state index contributed by atoms with van der Waals surface area (Å²) in [6.45, 7) is 5.11. The minimum atomic E-state index is -0.364. The van der Waals surface area contributed by atoms with Gasteiger partial charge in [0.15, 0.2) is 0 Å². The second kappa shape index (κ2) is 6.40. The number of morpholine rings is 1. The molecule has 1 unspecified atom stereocenters. The third-order valence-electron chi connectivity index (χ3n) is 4.57. The lowest BCUT2D eigenvalue weighted by atomic mass is 9.81. The van der Waals surface area contributed by atoms with E-state index in [0.717, 1.165) is 17.9 Å². The molecule has 2 fully saturated rings. The lowest BCUT2D eigenvalue weighted by molar-refractivity contribution is -0.181. The summed E-state index contributed by atoms with van der Waals surface area (Å²) < 4.78 is 21.8. The van der Waals surface area contributed by atoms with Crippen LogP contribution in [0.3, 0.4) is 0 Å². The zero-order valence-electron chi connectivity index (χ0n) is 13.2. The second-order valence-electron chi connectivity index (χ2n) is 5.95. The summed E-state index contributed by atoms with van der Waals surface area (Å²) in [5.74, 6) is 1.67. The fraction of sp³-hybridized carbons (Fsp3) is 0.688. The summed E-state index contributed by atoms with van der Waals surface area (Å²) in [7, 11) is 1.63. The zero-order chi connectivity index (χ0) is 15.6. The highest BCUT2D eigenvalue weighted by molar-refractivity contribution is 5.84. The fourth-order valence-electron chi connectivity index (χ4n) is 3.01. The molecule has 0 radical (unpaired) electrons. The van der Waals surface area contributed by atoms with Crippen molar-refractivity contribution in [3.05, 3.63) is 23.7 Å². The summed E-state index contributed by atoms with van der Waals surface area (Å²) in [5.41, 5.74) is -0.364. The van der Waals surface area contributed by atoms with E-state index < -0.39 is 0 Å². The van der Waals surface area contributed by atoms with Crippen molar-refractivity contribution in [1.29, 1.82) is 0 Å². The molecular weight excluding hydrogens is 286 g/mol. The van der Waals surface area contributed by atoms with Crippen LogP contribution in [-0.2, 0) is 25.6 Å². The number of rotatable bonds is 5. The van der Waals surface area contributed by atoms with Crippen molar-refractivity contribution in [3.63, 3.8) is 0 Å². The summed E-state index contributed by atoms with van der Waals surface area (Å²) in [4.78, 5) is 14.9. The van der Waals surface area contributed by atoms with Gasteiger partial charge in [-0.05, 0) is 18.6 Å². The van der Waals surface area contributed by atoms with Gasteiger partial charge >= 0.3 is 0 Å². The molecule has 0 saturated carbocycles. The van der Waals surface area contributed by atoms with Crippen LogP contribution in [0.5, 0.6) is 0 Å². The van der Waals surface area contributed by atoms with Gasteiger partial charge in [0.2, 0.25) is 5.91 Å². The van der Waals surface area contributed by atoms with Crippen molar-refractivity contribution < 1.29 is 23.4 Å². The summed E-state index contributed by atoms with van der Waals surface area (Å²) in [6, 6.07) is 3.62. The van der Waals surface area contributed by atoms with E-state index in [1.807, 2.05) is 24.0 Å². The summed E-state index contributed by atoms with van der Waals surface area (Å²) >= 11 is 0. The van der Waals surface area contributed by atoms with E-state index in [2.05, 4.69) is 0 Å². The Hall–Kier alpha value is -1.37. The van der Waals surface area contributed by atoms with Gasteiger partial charge in [-0.2, -0.15) is 0 Å². The Kier molecular flexibility index (Phi) is 4.52. The maximum atomic E-state index is 13.0. The predicted octanol–water partition coefficient (Wildman–Crippen LogP) is 1.75. The minimum Gasteiger partial charge on any atom is -0.461 e. The van der Waals surface area contributed by atoms with E-state index in [4.69, 9.17) is 18.6 Å². The molecule has 2 saturated heterocycles. The van der Waals surface area contributed by atoms with Crippen LogP contribution in [-0.4, -0.2) is 50.9 Å². The Morgan fingerprint density at radius 3 is 2.86 bits per heavy atom. The number of nitrogens with zero attached hydrogens (tertiary/aromatic N) is 1. The quantitative estimate of drug-likeness (QED) is 0.829.